The Balaban J connectivity index is 3.44. The molecular formula is C12H26N2O3. The molecule has 0 aromatic heterocycles. The maximum atomic E-state index is 11.3. The maximum Gasteiger partial charge on any atom is 0.246 e. The van der Waals surface area contributed by atoms with Gasteiger partial charge in [0, 0.05) is 26.2 Å². The highest BCUT2D eigenvalue weighted by Gasteiger charge is 2.06. The molecule has 0 spiro atoms. The second-order valence-electron chi connectivity index (χ2n) is 4.13. The van der Waals surface area contributed by atoms with Crippen molar-refractivity contribution in [3.8, 4) is 0 Å². The van der Waals surface area contributed by atoms with Crippen molar-refractivity contribution in [3.05, 3.63) is 0 Å². The van der Waals surface area contributed by atoms with Gasteiger partial charge in [-0.25, -0.2) is 0 Å². The smallest absolute Gasteiger partial charge is 0.246 e. The van der Waals surface area contributed by atoms with E-state index in [1.165, 1.54) is 0 Å². The lowest BCUT2D eigenvalue weighted by Gasteiger charge is -2.23. The molecule has 0 aromatic rings. The number of nitrogens with zero attached hydrogens (tertiary/aromatic N) is 1. The topological polar surface area (TPSA) is 50.8 Å². The van der Waals surface area contributed by atoms with Gasteiger partial charge < -0.3 is 19.7 Å². The van der Waals surface area contributed by atoms with E-state index in [4.69, 9.17) is 9.47 Å². The Morgan fingerprint density at radius 1 is 1.41 bits per heavy atom. The summed E-state index contributed by atoms with van der Waals surface area (Å²) in [5.41, 5.74) is 0. The number of ether oxygens (including phenoxy) is 2. The maximum absolute atomic E-state index is 11.3. The van der Waals surface area contributed by atoms with Crippen LogP contribution in [-0.4, -0.2) is 63.9 Å². The third-order valence-electron chi connectivity index (χ3n) is 2.79. The summed E-state index contributed by atoms with van der Waals surface area (Å²) in [7, 11) is 3.67. The summed E-state index contributed by atoms with van der Waals surface area (Å²) in [6, 6.07) is 0.546. The number of nitrogens with one attached hydrogen (secondary N) is 1. The first-order valence-corrected chi connectivity index (χ1v) is 6.15. The summed E-state index contributed by atoms with van der Waals surface area (Å²) in [6.45, 7) is 6.93. The Bertz CT molecular complexity index is 200. The minimum atomic E-state index is -0.0707. The van der Waals surface area contributed by atoms with E-state index in [-0.39, 0.29) is 12.5 Å². The summed E-state index contributed by atoms with van der Waals surface area (Å²) in [6.07, 6.45) is 1.12. The van der Waals surface area contributed by atoms with Gasteiger partial charge in [0.2, 0.25) is 5.91 Å². The molecule has 5 nitrogen and oxygen atoms in total. The van der Waals surface area contributed by atoms with Gasteiger partial charge in [0.05, 0.1) is 13.2 Å². The second kappa shape index (κ2) is 10.5. The quantitative estimate of drug-likeness (QED) is 0.570. The molecule has 1 amide bonds. The van der Waals surface area contributed by atoms with Crippen molar-refractivity contribution in [1.82, 2.24) is 10.2 Å². The second-order valence-corrected chi connectivity index (χ2v) is 4.13. The Morgan fingerprint density at radius 3 is 2.71 bits per heavy atom. The first kappa shape index (κ1) is 16.4. The highest BCUT2D eigenvalue weighted by atomic mass is 16.5. The van der Waals surface area contributed by atoms with Gasteiger partial charge in [-0.15, -0.1) is 0 Å². The fraction of sp³-hybridized carbons (Fsp3) is 0.917. The molecule has 0 aliphatic heterocycles. The van der Waals surface area contributed by atoms with Gasteiger partial charge in [0.25, 0.3) is 0 Å². The molecule has 1 N–H and O–H groups in total. The van der Waals surface area contributed by atoms with E-state index < -0.39 is 0 Å². The molecule has 0 saturated heterocycles. The van der Waals surface area contributed by atoms with Crippen molar-refractivity contribution in [2.75, 3.05) is 47.1 Å². The van der Waals surface area contributed by atoms with Gasteiger partial charge in [-0.3, -0.25) is 4.79 Å². The molecule has 0 rings (SSSR count). The van der Waals surface area contributed by atoms with E-state index in [0.717, 1.165) is 13.0 Å². The van der Waals surface area contributed by atoms with Crippen LogP contribution in [-0.2, 0) is 14.3 Å². The fourth-order valence-electron chi connectivity index (χ4n) is 1.26. The van der Waals surface area contributed by atoms with Crippen molar-refractivity contribution in [2.24, 2.45) is 0 Å². The van der Waals surface area contributed by atoms with Crippen LogP contribution >= 0.6 is 0 Å². The van der Waals surface area contributed by atoms with Crippen molar-refractivity contribution >= 4 is 5.91 Å². The Labute approximate surface area is 104 Å². The van der Waals surface area contributed by atoms with Crippen LogP contribution < -0.4 is 5.32 Å². The molecule has 0 aliphatic rings. The van der Waals surface area contributed by atoms with E-state index >= 15 is 0 Å². The standard InChI is InChI=1S/C12H26N2O3/c1-5-11(2)14(3)7-6-13-12(15)10-17-9-8-16-4/h11H,5-10H2,1-4H3,(H,13,15). The first-order chi connectivity index (χ1) is 8.11. The van der Waals surface area contributed by atoms with Crippen molar-refractivity contribution < 1.29 is 14.3 Å². The van der Waals surface area contributed by atoms with Crippen molar-refractivity contribution in [2.45, 2.75) is 26.3 Å². The molecule has 1 unspecified atom stereocenters. The molecule has 0 aromatic carbocycles. The molecular weight excluding hydrogens is 220 g/mol. The number of hydrogen-bond donors (Lipinski definition) is 1. The van der Waals surface area contributed by atoms with Crippen LogP contribution in [0.25, 0.3) is 0 Å². The normalized spacial score (nSPS) is 12.8. The van der Waals surface area contributed by atoms with Crippen LogP contribution in [0, 0.1) is 0 Å². The molecule has 0 aliphatic carbocycles. The summed E-state index contributed by atoms with van der Waals surface area (Å²) >= 11 is 0. The van der Waals surface area contributed by atoms with E-state index in [1.54, 1.807) is 7.11 Å². The Kier molecular flexibility index (Phi) is 10.1. The Hall–Kier alpha value is -0.650. The predicted octanol–water partition coefficient (Wildman–Crippen LogP) is 0.496. The van der Waals surface area contributed by atoms with Gasteiger partial charge >= 0.3 is 0 Å². The molecule has 5 heteroatoms. The SMILES string of the molecule is CCC(C)N(C)CCNC(=O)COCCOC. The average molecular weight is 246 g/mol. The van der Waals surface area contributed by atoms with Crippen LogP contribution in [0.3, 0.4) is 0 Å². The molecule has 0 bridgehead atoms. The lowest BCUT2D eigenvalue weighted by Crippen LogP contribution is -2.38. The van der Waals surface area contributed by atoms with Gasteiger partial charge in [0.15, 0.2) is 0 Å². The number of carbonyl (C=O) groups excluding carboxylic acids is 1. The van der Waals surface area contributed by atoms with Gasteiger partial charge in [-0.05, 0) is 20.4 Å². The molecule has 17 heavy (non-hydrogen) atoms. The molecule has 102 valence electrons. The van der Waals surface area contributed by atoms with Crippen LogP contribution in [0.15, 0.2) is 0 Å². The van der Waals surface area contributed by atoms with Crippen molar-refractivity contribution in [3.63, 3.8) is 0 Å². The highest BCUT2D eigenvalue weighted by molar-refractivity contribution is 5.77. The minimum absolute atomic E-state index is 0.0707. The van der Waals surface area contributed by atoms with Crippen LogP contribution in [0.1, 0.15) is 20.3 Å². The third-order valence-corrected chi connectivity index (χ3v) is 2.79. The summed E-state index contributed by atoms with van der Waals surface area (Å²) in [5.74, 6) is -0.0707. The van der Waals surface area contributed by atoms with Crippen molar-refractivity contribution in [1.29, 1.82) is 0 Å². The molecule has 0 heterocycles. The summed E-state index contributed by atoms with van der Waals surface area (Å²) in [5, 5.41) is 2.82. The number of amides is 1. The number of likely N-dealkylation sites (N-methyl/N-ethyl adjacent to an activating group) is 1. The summed E-state index contributed by atoms with van der Waals surface area (Å²) < 4.78 is 9.92. The summed E-state index contributed by atoms with van der Waals surface area (Å²) in [4.78, 5) is 13.6. The zero-order chi connectivity index (χ0) is 13.1. The molecule has 1 atom stereocenters. The van der Waals surface area contributed by atoms with Crippen LogP contribution in [0.2, 0.25) is 0 Å². The van der Waals surface area contributed by atoms with Gasteiger partial charge in [-0.1, -0.05) is 6.92 Å². The zero-order valence-corrected chi connectivity index (χ0v) is 11.5. The zero-order valence-electron chi connectivity index (χ0n) is 11.5. The van der Waals surface area contributed by atoms with Gasteiger partial charge in [0.1, 0.15) is 6.61 Å². The largest absolute Gasteiger partial charge is 0.382 e. The first-order valence-electron chi connectivity index (χ1n) is 6.15. The van der Waals surface area contributed by atoms with E-state index in [0.29, 0.717) is 25.8 Å². The minimum Gasteiger partial charge on any atom is -0.382 e. The van der Waals surface area contributed by atoms with Crippen LogP contribution in [0.5, 0.6) is 0 Å². The average Bonchev–Trinajstić information content (AvgIpc) is 2.33. The van der Waals surface area contributed by atoms with E-state index in [1.807, 2.05) is 0 Å². The highest BCUT2D eigenvalue weighted by Crippen LogP contribution is 1.97. The van der Waals surface area contributed by atoms with E-state index in [2.05, 4.69) is 31.1 Å². The Morgan fingerprint density at radius 2 is 2.12 bits per heavy atom. The van der Waals surface area contributed by atoms with Crippen LogP contribution in [0.4, 0.5) is 0 Å². The number of carbonyl (C=O) groups is 1. The third kappa shape index (κ3) is 9.09. The molecule has 0 saturated carbocycles. The molecule has 0 radical (unpaired) electrons. The fourth-order valence-corrected chi connectivity index (χ4v) is 1.26. The molecule has 0 fully saturated rings. The van der Waals surface area contributed by atoms with Gasteiger partial charge in [-0.2, -0.15) is 0 Å². The lowest BCUT2D eigenvalue weighted by atomic mass is 10.2. The number of hydrogen-bond acceptors (Lipinski definition) is 4. The predicted molar refractivity (Wildman–Crippen MR) is 68.1 cm³/mol. The number of methoxy groups -OCH3 is 1. The number of rotatable bonds is 10. The monoisotopic (exact) mass is 246 g/mol. The van der Waals surface area contributed by atoms with E-state index in [9.17, 15) is 4.79 Å². The lowest BCUT2D eigenvalue weighted by molar-refractivity contribution is -0.126.